The van der Waals surface area contributed by atoms with Gasteiger partial charge < -0.3 is 75.6 Å². The number of hydrogen-bond acceptors (Lipinski definition) is 31. The standard InChI is InChI=1S/C28H29N7O7.C27H30N6O7.C27H32N6O7.3CH4/c1-15-6-7-18(25(37)33-22-5-4-10-29-22)11-21(15)32-24-23-16(2)20(12-34(23)31-13-30-24)26(38)35(19-8-9-19)28(40)42-14-41-27(39)17(3)36;1-14-4-5-17(24(35)30-18-6-7-18)10-21(14)31-23-22-15(2)20(11-32(22)29-12-28-23)25(36)33(19-8-9-19)27(38)40-13-39-26(37)16(3)34;1-5-10-28-24(35)18-7-6-15(2)21(11-18)31-23-22-16(3)20(12-32(22)30-13-29-23)25(36)33(19-8-9-19)27(38)40-14-39-26(37)17(4)34;;;/h4-7,11-13,17,19,36H,8-10,14H2,1-3H3,(H,29,33,37)(H,30,31,32);4-5,10-12,16,18-19,34H,6-9,13H2,1-3H3,(H,30,35)(H,28,29,31);6-7,11-13,17,19,34H,5,8-10,14H2,1-4H3,(H,28,35)(H,29,30,31);3*1H4. The molecule has 3 unspecified atom stereocenters. The number of nitrogens with zero attached hydrogens (tertiary/aromatic N) is 13. The van der Waals surface area contributed by atoms with Gasteiger partial charge in [-0.05, 0) is 196 Å². The molecule has 0 radical (unpaired) electrons. The number of amidine groups is 1. The highest BCUT2D eigenvalue weighted by atomic mass is 16.7. The van der Waals surface area contributed by atoms with Crippen LogP contribution in [0.4, 0.5) is 48.9 Å². The van der Waals surface area contributed by atoms with Crippen LogP contribution in [-0.2, 0) is 42.8 Å². The van der Waals surface area contributed by atoms with Crippen molar-refractivity contribution in [1.82, 2.24) is 74.4 Å². The summed E-state index contributed by atoms with van der Waals surface area (Å²) in [6.45, 7) is 15.4. The lowest BCUT2D eigenvalue weighted by atomic mass is 10.1. The molecule has 6 aromatic heterocycles. The van der Waals surface area contributed by atoms with Crippen molar-refractivity contribution in [2.75, 3.05) is 49.4 Å². The Labute approximate surface area is 718 Å². The number of aliphatic hydroxyl groups excluding tert-OH is 3. The minimum atomic E-state index is -1.38. The van der Waals surface area contributed by atoms with E-state index < -0.39 is 92.6 Å². The smallest absolute Gasteiger partial charge is 0.419 e. The number of nitrogens with one attached hydrogen (secondary N) is 6. The molecule has 4 saturated carbocycles. The number of carbonyl (C=O) groups is 12. The molecule has 14 rings (SSSR count). The number of anilines is 6. The largest absolute Gasteiger partial charge is 0.426 e. The molecule has 9 N–H and O–H groups in total. The van der Waals surface area contributed by atoms with E-state index in [0.717, 1.165) is 50.7 Å². The van der Waals surface area contributed by atoms with E-state index in [1.165, 1.54) is 71.9 Å². The predicted octanol–water partition coefficient (Wildman–Crippen LogP) is 9.78. The second-order valence-corrected chi connectivity index (χ2v) is 29.5. The number of aromatic nitrogens is 9. The van der Waals surface area contributed by atoms with Gasteiger partial charge in [-0.3, -0.25) is 33.8 Å². The fraction of sp³-hybridized carbons (Fsp3) is 0.400. The summed E-state index contributed by atoms with van der Waals surface area (Å²) in [5, 5.41) is 58.8. The van der Waals surface area contributed by atoms with E-state index in [2.05, 4.69) is 81.4 Å². The van der Waals surface area contributed by atoms with Crippen molar-refractivity contribution < 1.29 is 101 Å². The van der Waals surface area contributed by atoms with E-state index in [0.29, 0.717) is 142 Å². The molecule has 0 spiro atoms. The zero-order valence-electron chi connectivity index (χ0n) is 68.3. The van der Waals surface area contributed by atoms with Crippen LogP contribution in [-0.4, -0.2) is 227 Å². The molecule has 40 nitrogen and oxygen atoms in total. The van der Waals surface area contributed by atoms with Crippen molar-refractivity contribution in [2.45, 2.75) is 192 Å². The molecule has 40 heteroatoms. The Morgan fingerprint density at radius 1 is 0.456 bits per heavy atom. The van der Waals surface area contributed by atoms with Crippen LogP contribution < -0.4 is 31.9 Å². The zero-order chi connectivity index (χ0) is 87.5. The van der Waals surface area contributed by atoms with Crippen molar-refractivity contribution >= 4 is 129 Å². The molecule has 0 saturated heterocycles. The molecule has 664 valence electrons. The van der Waals surface area contributed by atoms with Crippen LogP contribution in [0.15, 0.2) is 109 Å². The summed E-state index contributed by atoms with van der Waals surface area (Å²) in [6.07, 6.45) is 11.6. The average Bonchev–Trinajstić information content (AvgIpc) is 1.63. The van der Waals surface area contributed by atoms with Gasteiger partial charge in [0.1, 0.15) is 59.7 Å². The molecule has 7 heterocycles. The Balaban J connectivity index is 0.000000210. The highest BCUT2D eigenvalue weighted by molar-refractivity contribution is 6.12. The van der Waals surface area contributed by atoms with Gasteiger partial charge in [0.25, 0.3) is 35.4 Å². The minimum Gasteiger partial charge on any atom is -0.426 e. The molecule has 4 aliphatic carbocycles. The van der Waals surface area contributed by atoms with Crippen LogP contribution in [0.5, 0.6) is 0 Å². The highest BCUT2D eigenvalue weighted by Gasteiger charge is 2.44. The van der Waals surface area contributed by atoms with Gasteiger partial charge in [0.05, 0.1) is 23.2 Å². The summed E-state index contributed by atoms with van der Waals surface area (Å²) in [4.78, 5) is 171. The second kappa shape index (κ2) is 41.6. The molecule has 1 aliphatic heterocycles. The fourth-order valence-electron chi connectivity index (χ4n) is 12.5. The molecular formula is C85H103N19O21. The third kappa shape index (κ3) is 23.0. The number of aliphatic imine (C=N–C) groups is 1. The Morgan fingerprint density at radius 3 is 1.08 bits per heavy atom. The Morgan fingerprint density at radius 2 is 0.784 bits per heavy atom. The second-order valence-electron chi connectivity index (χ2n) is 29.5. The molecule has 125 heavy (non-hydrogen) atoms. The van der Waals surface area contributed by atoms with Gasteiger partial charge in [0, 0.05) is 83.1 Å². The van der Waals surface area contributed by atoms with Gasteiger partial charge >= 0.3 is 36.2 Å². The van der Waals surface area contributed by atoms with E-state index in [4.69, 9.17) is 14.2 Å². The average molecular weight is 1730 g/mol. The normalized spacial score (nSPS) is 14.1. The monoisotopic (exact) mass is 1730 g/mol. The maximum Gasteiger partial charge on any atom is 0.419 e. The number of rotatable bonds is 27. The summed E-state index contributed by atoms with van der Waals surface area (Å²) >= 11 is 0. The van der Waals surface area contributed by atoms with E-state index in [1.807, 2.05) is 45.9 Å². The maximum atomic E-state index is 13.6. The lowest BCUT2D eigenvalue weighted by molar-refractivity contribution is -0.162. The Hall–Kier alpha value is -14.2. The molecule has 5 aliphatic rings. The number of ether oxygens (including phenoxy) is 6. The summed E-state index contributed by atoms with van der Waals surface area (Å²) in [5.74, 6) is -3.56. The number of amides is 9. The number of imide groups is 3. The molecule has 0 bridgehead atoms. The SMILES string of the molecule is C.C.C.CCCNC(=O)c1ccc(C)c(Nc2ncnn3cc(C(=O)N(C(=O)OCOC(=O)C(C)O)C4CC4)c(C)c23)c1.Cc1ccc(C(=O)NC2=NCC=C2)cc1Nc1ncnn2cc(C(=O)N(C(=O)OCOC(=O)C(C)O)C3CC3)c(C)c12.Cc1ccc(C(=O)NC2CC2)cc1Nc1ncnn2cc(C(=O)N(C(=O)OCOC(=O)C(C)O)C3CC3)c(C)c12. The first-order chi connectivity index (χ1) is 58.4. The molecule has 3 atom stereocenters. The third-order valence-electron chi connectivity index (χ3n) is 19.9. The molecular weight excluding hydrogens is 1620 g/mol. The van der Waals surface area contributed by atoms with E-state index in [-0.39, 0.29) is 80.9 Å². The first kappa shape index (κ1) is 94.7. The van der Waals surface area contributed by atoms with Gasteiger partial charge in [-0.25, -0.2) is 72.0 Å². The van der Waals surface area contributed by atoms with Crippen molar-refractivity contribution in [3.8, 4) is 0 Å². The van der Waals surface area contributed by atoms with Gasteiger partial charge in [-0.15, -0.1) is 0 Å². The summed E-state index contributed by atoms with van der Waals surface area (Å²) in [6, 6.07) is 15.1. The van der Waals surface area contributed by atoms with Gasteiger partial charge in [0.2, 0.25) is 20.4 Å². The molecule has 4 fully saturated rings. The molecule has 9 amide bonds. The van der Waals surface area contributed by atoms with E-state index >= 15 is 0 Å². The molecule has 3 aromatic carbocycles. The van der Waals surface area contributed by atoms with Crippen LogP contribution in [0, 0.1) is 41.5 Å². The number of fused-ring (bicyclic) bond motifs is 3. The quantitative estimate of drug-likeness (QED) is 0.0131. The lowest BCUT2D eigenvalue weighted by Gasteiger charge is -2.20. The van der Waals surface area contributed by atoms with Crippen molar-refractivity contribution in [3.05, 3.63) is 171 Å². The zero-order valence-corrected chi connectivity index (χ0v) is 68.3. The Kier molecular flexibility index (Phi) is 31.5. The van der Waals surface area contributed by atoms with Gasteiger partial charge in [-0.1, -0.05) is 53.5 Å². The number of esters is 3. The summed E-state index contributed by atoms with van der Waals surface area (Å²) in [7, 11) is 0. The van der Waals surface area contributed by atoms with Crippen molar-refractivity contribution in [1.29, 1.82) is 0 Å². The topological polar surface area (TPSA) is 506 Å². The highest BCUT2D eigenvalue weighted by Crippen LogP contribution is 2.37. The van der Waals surface area contributed by atoms with Crippen LogP contribution in [0.1, 0.15) is 203 Å². The maximum absolute atomic E-state index is 13.6. The lowest BCUT2D eigenvalue weighted by Crippen LogP contribution is -2.40. The van der Waals surface area contributed by atoms with Crippen molar-refractivity contribution in [2.24, 2.45) is 4.99 Å². The van der Waals surface area contributed by atoms with Gasteiger partial charge in [0.15, 0.2) is 17.5 Å². The summed E-state index contributed by atoms with van der Waals surface area (Å²) < 4.78 is 33.5. The number of hydrogen-bond donors (Lipinski definition) is 9. The Bertz CT molecular complexity index is 5660. The number of carbonyl (C=O) groups excluding carboxylic acids is 12. The predicted molar refractivity (Wildman–Crippen MR) is 454 cm³/mol. The first-order valence-electron chi connectivity index (χ1n) is 39.2. The minimum absolute atomic E-state index is 0. The van der Waals surface area contributed by atoms with E-state index in [9.17, 15) is 72.9 Å². The number of benzene rings is 3. The summed E-state index contributed by atoms with van der Waals surface area (Å²) in [5.41, 5.74) is 9.76. The fourth-order valence-corrected chi connectivity index (χ4v) is 12.5. The van der Waals surface area contributed by atoms with Gasteiger partial charge in [-0.2, -0.15) is 15.3 Å². The van der Waals surface area contributed by atoms with Crippen LogP contribution >= 0.6 is 0 Å². The molecule has 9 aromatic rings. The first-order valence-corrected chi connectivity index (χ1v) is 39.2. The van der Waals surface area contributed by atoms with Crippen LogP contribution in [0.25, 0.3) is 16.6 Å². The van der Waals surface area contributed by atoms with Crippen LogP contribution in [0.2, 0.25) is 0 Å². The number of aliphatic hydroxyl groups is 3. The van der Waals surface area contributed by atoms with Crippen molar-refractivity contribution in [3.63, 3.8) is 0 Å². The number of aryl methyl sites for hydroxylation is 6. The van der Waals surface area contributed by atoms with Crippen LogP contribution in [0.3, 0.4) is 0 Å². The third-order valence-corrected chi connectivity index (χ3v) is 19.9. The van der Waals surface area contributed by atoms with E-state index in [1.54, 1.807) is 69.3 Å².